The van der Waals surface area contributed by atoms with Gasteiger partial charge in [0.2, 0.25) is 0 Å². The minimum atomic E-state index is -0.630. The molecule has 0 spiro atoms. The van der Waals surface area contributed by atoms with Gasteiger partial charge < -0.3 is 19.5 Å². The highest BCUT2D eigenvalue weighted by atomic mass is 32.1. The van der Waals surface area contributed by atoms with Gasteiger partial charge in [-0.15, -0.1) is 11.3 Å². The summed E-state index contributed by atoms with van der Waals surface area (Å²) >= 11 is 1.64. The highest BCUT2D eigenvalue weighted by molar-refractivity contribution is 7.14. The van der Waals surface area contributed by atoms with Crippen LogP contribution in [0.5, 0.6) is 5.75 Å². The monoisotopic (exact) mass is 573 g/mol. The van der Waals surface area contributed by atoms with Crippen LogP contribution in [0.2, 0.25) is 0 Å². The summed E-state index contributed by atoms with van der Waals surface area (Å²) in [5.41, 5.74) is 6.74. The van der Waals surface area contributed by atoms with E-state index < -0.39 is 11.4 Å². The Balaban J connectivity index is 1.04. The van der Waals surface area contributed by atoms with Crippen LogP contribution < -0.4 is 9.64 Å². The molecule has 2 saturated heterocycles. The number of rotatable bonds is 7. The molecule has 0 radical (unpaired) electrons. The largest absolute Gasteiger partial charge is 0.488 e. The van der Waals surface area contributed by atoms with E-state index in [1.54, 1.807) is 11.3 Å². The molecular weight excluding hydrogens is 534 g/mol. The van der Waals surface area contributed by atoms with Crippen molar-refractivity contribution in [3.05, 3.63) is 64.0 Å². The Morgan fingerprint density at radius 1 is 1.17 bits per heavy atom. The van der Waals surface area contributed by atoms with Crippen molar-refractivity contribution < 1.29 is 19.4 Å². The van der Waals surface area contributed by atoms with Gasteiger partial charge in [0.1, 0.15) is 12.4 Å². The van der Waals surface area contributed by atoms with Crippen molar-refractivity contribution in [3.63, 3.8) is 0 Å². The number of aromatic nitrogens is 1. The van der Waals surface area contributed by atoms with Crippen LogP contribution in [0.15, 0.2) is 41.8 Å². The summed E-state index contributed by atoms with van der Waals surface area (Å²) < 4.78 is 12.0. The Morgan fingerprint density at radius 3 is 2.88 bits per heavy atom. The van der Waals surface area contributed by atoms with E-state index in [1.807, 2.05) is 0 Å². The number of carboxylic acid groups (broad SMARTS) is 1. The molecule has 1 aliphatic carbocycles. The van der Waals surface area contributed by atoms with Crippen LogP contribution in [0.4, 0.5) is 5.13 Å². The predicted molar refractivity (Wildman–Crippen MR) is 161 cm³/mol. The van der Waals surface area contributed by atoms with Crippen LogP contribution in [0.1, 0.15) is 54.4 Å². The lowest BCUT2D eigenvalue weighted by Crippen LogP contribution is -2.39. The number of hydrogen-bond acceptors (Lipinski definition) is 7. The number of aryl methyl sites for hydroxylation is 2. The maximum atomic E-state index is 11.7. The van der Waals surface area contributed by atoms with Crippen molar-refractivity contribution in [3.8, 4) is 17.0 Å². The van der Waals surface area contributed by atoms with E-state index in [1.165, 1.54) is 28.7 Å². The van der Waals surface area contributed by atoms with Gasteiger partial charge in [-0.3, -0.25) is 9.69 Å². The summed E-state index contributed by atoms with van der Waals surface area (Å²) in [5, 5.41) is 12.7. The summed E-state index contributed by atoms with van der Waals surface area (Å²) in [7, 11) is 0. The van der Waals surface area contributed by atoms with Gasteiger partial charge in [0.05, 0.1) is 11.1 Å². The lowest BCUT2D eigenvalue weighted by atomic mass is 9.96. The molecule has 3 fully saturated rings. The summed E-state index contributed by atoms with van der Waals surface area (Å²) in [6, 6.07) is 13.8. The van der Waals surface area contributed by atoms with Crippen LogP contribution in [0.3, 0.4) is 0 Å². The smallest absolute Gasteiger partial charge is 0.310 e. The predicted octanol–water partition coefficient (Wildman–Crippen LogP) is 5.93. The fraction of sp³-hybridized carbons (Fsp3) is 0.515. The van der Waals surface area contributed by atoms with Gasteiger partial charge in [-0.05, 0) is 86.7 Å². The zero-order valence-electron chi connectivity index (χ0n) is 23.8. The summed E-state index contributed by atoms with van der Waals surface area (Å²) in [4.78, 5) is 21.6. The Hall–Kier alpha value is -2.94. The molecule has 1 aromatic heterocycles. The van der Waals surface area contributed by atoms with E-state index >= 15 is 0 Å². The molecule has 0 unspecified atom stereocenters. The molecule has 3 aromatic rings. The highest BCUT2D eigenvalue weighted by Crippen LogP contribution is 2.58. The van der Waals surface area contributed by atoms with Crippen molar-refractivity contribution in [1.82, 2.24) is 9.88 Å². The van der Waals surface area contributed by atoms with Crippen molar-refractivity contribution in [2.24, 2.45) is 11.3 Å². The second kappa shape index (κ2) is 11.0. The van der Waals surface area contributed by atoms with Crippen LogP contribution in [-0.2, 0) is 29.1 Å². The highest BCUT2D eigenvalue weighted by Gasteiger charge is 2.62. The average Bonchev–Trinajstić information content (AvgIpc) is 3.62. The van der Waals surface area contributed by atoms with Crippen molar-refractivity contribution in [1.29, 1.82) is 0 Å². The molecule has 216 valence electrons. The molecular formula is C33H39N3O4S. The van der Waals surface area contributed by atoms with Gasteiger partial charge in [-0.2, -0.15) is 0 Å². The molecule has 4 heterocycles. The lowest BCUT2D eigenvalue weighted by molar-refractivity contribution is -0.144. The number of benzene rings is 2. The summed E-state index contributed by atoms with van der Waals surface area (Å²) in [6.07, 6.45) is 6.09. The molecule has 4 aliphatic rings. The van der Waals surface area contributed by atoms with E-state index in [0.29, 0.717) is 19.1 Å². The number of carbonyl (C=O) groups is 1. The molecule has 0 amide bonds. The number of anilines is 1. The van der Waals surface area contributed by atoms with Crippen molar-refractivity contribution >= 4 is 22.4 Å². The van der Waals surface area contributed by atoms with Crippen molar-refractivity contribution in [2.45, 2.75) is 64.6 Å². The van der Waals surface area contributed by atoms with E-state index in [4.69, 9.17) is 14.5 Å². The van der Waals surface area contributed by atoms with Crippen LogP contribution in [0, 0.1) is 18.3 Å². The third kappa shape index (κ3) is 5.38. The number of piperidine rings is 1. The molecule has 3 aliphatic heterocycles. The lowest BCUT2D eigenvalue weighted by Gasteiger charge is -2.33. The fourth-order valence-electron chi connectivity index (χ4n) is 7.11. The third-order valence-corrected chi connectivity index (χ3v) is 10.6. The molecule has 8 heteroatoms. The van der Waals surface area contributed by atoms with Crippen LogP contribution in [-0.4, -0.2) is 59.8 Å². The molecule has 0 bridgehead atoms. The normalized spacial score (nSPS) is 24.8. The zero-order valence-corrected chi connectivity index (χ0v) is 24.6. The number of hydrogen-bond donors (Lipinski definition) is 1. The van der Waals surface area contributed by atoms with E-state index in [9.17, 15) is 9.90 Å². The number of thiazole rings is 1. The van der Waals surface area contributed by atoms with Gasteiger partial charge in [0, 0.05) is 49.8 Å². The van der Waals surface area contributed by atoms with Gasteiger partial charge in [0.15, 0.2) is 5.13 Å². The van der Waals surface area contributed by atoms with Gasteiger partial charge in [-0.25, -0.2) is 4.98 Å². The van der Waals surface area contributed by atoms with E-state index in [0.717, 1.165) is 87.2 Å². The molecule has 1 N–H and O–H groups in total. The Labute approximate surface area is 246 Å². The molecule has 2 aromatic carbocycles. The minimum Gasteiger partial charge on any atom is -0.488 e. The first-order chi connectivity index (χ1) is 20.0. The first-order valence-electron chi connectivity index (χ1n) is 15.1. The second-order valence-corrected chi connectivity index (χ2v) is 13.2. The molecule has 1 saturated carbocycles. The number of fused-ring (bicyclic) bond motifs is 2. The summed E-state index contributed by atoms with van der Waals surface area (Å²) in [5.74, 6) is 0.457. The standard InChI is InChI=1S/C33H39N3O4S/c1-22-4-7-30(28(15-22)29-21-41-32(34-29)36-12-10-33(31(37)38)17-26(33)19-36)40-20-23-5-6-25-18-35(11-2-3-24(25)16-23)27-8-13-39-14-9-27/h4-7,15-16,21,26-27H,2-3,8-14,17-20H2,1H3,(H,37,38)/t26-,33+/m0/s1. The number of aliphatic carboxylic acids is 1. The summed E-state index contributed by atoms with van der Waals surface area (Å²) in [6.45, 7) is 8.12. The molecule has 2 atom stereocenters. The Kier molecular flexibility index (Phi) is 7.25. The Morgan fingerprint density at radius 2 is 2.05 bits per heavy atom. The second-order valence-electron chi connectivity index (χ2n) is 12.4. The van der Waals surface area contributed by atoms with Crippen LogP contribution in [0.25, 0.3) is 11.3 Å². The molecule has 7 nitrogen and oxygen atoms in total. The quantitative estimate of drug-likeness (QED) is 0.376. The first kappa shape index (κ1) is 26.9. The molecule has 7 rings (SSSR count). The topological polar surface area (TPSA) is 75.1 Å². The van der Waals surface area contributed by atoms with Gasteiger partial charge in [0.25, 0.3) is 0 Å². The fourth-order valence-corrected chi connectivity index (χ4v) is 7.98. The third-order valence-electron chi connectivity index (χ3n) is 9.74. The van der Waals surface area contributed by atoms with E-state index in [2.05, 4.69) is 58.5 Å². The Bertz CT molecular complexity index is 1430. The average molecular weight is 574 g/mol. The maximum Gasteiger partial charge on any atom is 0.310 e. The van der Waals surface area contributed by atoms with E-state index in [-0.39, 0.29) is 5.92 Å². The first-order valence-corrected chi connectivity index (χ1v) is 16.0. The van der Waals surface area contributed by atoms with Crippen LogP contribution >= 0.6 is 11.3 Å². The number of ether oxygens (including phenoxy) is 2. The minimum absolute atomic E-state index is 0.241. The van der Waals surface area contributed by atoms with Crippen molar-refractivity contribution in [2.75, 3.05) is 37.7 Å². The van der Waals surface area contributed by atoms with Gasteiger partial charge in [-0.1, -0.05) is 29.8 Å². The number of carboxylic acids is 1. The van der Waals surface area contributed by atoms with Gasteiger partial charge >= 0.3 is 5.97 Å². The zero-order chi connectivity index (χ0) is 28.0. The number of nitrogens with zero attached hydrogens (tertiary/aromatic N) is 3. The molecule has 41 heavy (non-hydrogen) atoms. The SMILES string of the molecule is Cc1ccc(OCc2ccc3c(c2)CCCN(C2CCOCC2)C3)c(-c2csc(N3CC[C@@]4(C(=O)O)C[C@H]4C3)n2)c1. The maximum absolute atomic E-state index is 11.7.